The Kier molecular flexibility index (Phi) is 2.50. The largest absolute Gasteiger partial charge is 0.383 e. The van der Waals surface area contributed by atoms with E-state index < -0.39 is 0 Å². The van der Waals surface area contributed by atoms with Crippen LogP contribution in [0, 0.1) is 0 Å². The van der Waals surface area contributed by atoms with E-state index in [2.05, 4.69) is 25.9 Å². The van der Waals surface area contributed by atoms with E-state index in [1.54, 1.807) is 13.2 Å². The Morgan fingerprint density at radius 3 is 3.29 bits per heavy atom. The van der Waals surface area contributed by atoms with E-state index in [-0.39, 0.29) is 0 Å². The van der Waals surface area contributed by atoms with Gasteiger partial charge in [0.25, 0.3) is 0 Å². The third-order valence-corrected chi connectivity index (χ3v) is 1.68. The van der Waals surface area contributed by atoms with Crippen LogP contribution < -0.4 is 5.32 Å². The lowest BCUT2D eigenvalue weighted by atomic mass is 10.5. The fraction of sp³-hybridized carbons (Fsp3) is 0.429. The Hall–Kier alpha value is -1.76. The van der Waals surface area contributed by atoms with E-state index in [4.69, 9.17) is 4.74 Å². The second-order valence-electron chi connectivity index (χ2n) is 2.66. The van der Waals surface area contributed by atoms with Gasteiger partial charge in [0, 0.05) is 13.7 Å². The summed E-state index contributed by atoms with van der Waals surface area (Å²) in [5, 5.41) is 18.1. The predicted molar refractivity (Wildman–Crippen MR) is 48.9 cm³/mol. The molecular weight excluding hydrogens is 184 g/mol. The molecule has 2 aromatic heterocycles. The molecule has 0 aliphatic rings. The summed E-state index contributed by atoms with van der Waals surface area (Å²) in [7, 11) is 1.65. The second-order valence-corrected chi connectivity index (χ2v) is 2.66. The highest BCUT2D eigenvalue weighted by atomic mass is 16.5. The van der Waals surface area contributed by atoms with E-state index >= 15 is 0 Å². The van der Waals surface area contributed by atoms with Gasteiger partial charge in [-0.3, -0.25) is 0 Å². The topological polar surface area (TPSA) is 77.2 Å². The van der Waals surface area contributed by atoms with E-state index in [0.29, 0.717) is 18.8 Å². The summed E-state index contributed by atoms with van der Waals surface area (Å²) in [5.74, 6) is 0.724. The molecule has 1 N–H and O–H groups in total. The average Bonchev–Trinajstić information content (AvgIpc) is 2.65. The highest BCUT2D eigenvalue weighted by Crippen LogP contribution is 2.01. The van der Waals surface area contributed by atoms with Gasteiger partial charge in [0.2, 0.25) is 0 Å². The maximum atomic E-state index is 4.90. The highest BCUT2D eigenvalue weighted by molar-refractivity contribution is 5.41. The first-order valence-corrected chi connectivity index (χ1v) is 4.18. The Balaban J connectivity index is 2.10. The number of methoxy groups -OCH3 is 1. The molecule has 2 rings (SSSR count). The van der Waals surface area contributed by atoms with Crippen molar-refractivity contribution >= 4 is 11.5 Å². The quantitative estimate of drug-likeness (QED) is 0.666. The van der Waals surface area contributed by atoms with Crippen molar-refractivity contribution in [2.24, 2.45) is 0 Å². The van der Waals surface area contributed by atoms with Crippen molar-refractivity contribution in [1.82, 2.24) is 25.3 Å². The number of tetrazole rings is 1. The van der Waals surface area contributed by atoms with Crippen LogP contribution in [0.15, 0.2) is 12.1 Å². The van der Waals surface area contributed by atoms with Crippen molar-refractivity contribution in [3.63, 3.8) is 0 Å². The lowest BCUT2D eigenvalue weighted by Gasteiger charge is -2.03. The molecule has 2 aromatic rings. The zero-order valence-corrected chi connectivity index (χ0v) is 7.71. The van der Waals surface area contributed by atoms with Gasteiger partial charge in [0.1, 0.15) is 5.82 Å². The van der Waals surface area contributed by atoms with Gasteiger partial charge in [-0.1, -0.05) is 0 Å². The van der Waals surface area contributed by atoms with Crippen molar-refractivity contribution in [2.75, 3.05) is 25.6 Å². The van der Waals surface area contributed by atoms with Crippen LogP contribution in [0.25, 0.3) is 5.65 Å². The summed E-state index contributed by atoms with van der Waals surface area (Å²) in [5.41, 5.74) is 0.627. The molecule has 0 spiro atoms. The predicted octanol–water partition coefficient (Wildman–Crippen LogP) is -0.422. The van der Waals surface area contributed by atoms with Crippen molar-refractivity contribution in [2.45, 2.75) is 0 Å². The van der Waals surface area contributed by atoms with Gasteiger partial charge in [0.05, 0.1) is 6.61 Å². The average molecular weight is 194 g/mol. The molecule has 0 atom stereocenters. The molecule has 0 radical (unpaired) electrons. The molecule has 74 valence electrons. The van der Waals surface area contributed by atoms with Crippen LogP contribution in [0.5, 0.6) is 0 Å². The van der Waals surface area contributed by atoms with E-state index in [1.807, 2.05) is 6.07 Å². The Morgan fingerprint density at radius 1 is 1.50 bits per heavy atom. The zero-order valence-electron chi connectivity index (χ0n) is 7.71. The zero-order chi connectivity index (χ0) is 9.80. The van der Waals surface area contributed by atoms with Gasteiger partial charge < -0.3 is 10.1 Å². The van der Waals surface area contributed by atoms with Crippen molar-refractivity contribution in [1.29, 1.82) is 0 Å². The number of fused-ring (bicyclic) bond motifs is 1. The Labute approximate surface area is 80.1 Å². The minimum absolute atomic E-state index is 0.627. The summed E-state index contributed by atoms with van der Waals surface area (Å²) in [4.78, 5) is 0. The summed E-state index contributed by atoms with van der Waals surface area (Å²) < 4.78 is 6.27. The molecule has 7 nitrogen and oxygen atoms in total. The summed E-state index contributed by atoms with van der Waals surface area (Å²) >= 11 is 0. The van der Waals surface area contributed by atoms with Gasteiger partial charge in [-0.2, -0.15) is 0 Å². The molecule has 0 aliphatic carbocycles. The number of hydrogen-bond donors (Lipinski definition) is 1. The molecule has 0 bridgehead atoms. The molecule has 2 heterocycles. The maximum Gasteiger partial charge on any atom is 0.200 e. The number of hydrogen-bond acceptors (Lipinski definition) is 6. The molecule has 7 heteroatoms. The molecule has 0 amide bonds. The van der Waals surface area contributed by atoms with Crippen LogP contribution in [-0.2, 0) is 4.74 Å². The highest BCUT2D eigenvalue weighted by Gasteiger charge is 1.98. The molecule has 0 fully saturated rings. The Bertz CT molecular complexity index is 413. The number of ether oxygens (including phenoxy) is 1. The molecule has 0 aliphatic heterocycles. The van der Waals surface area contributed by atoms with Crippen LogP contribution in [0.3, 0.4) is 0 Å². The monoisotopic (exact) mass is 194 g/mol. The Morgan fingerprint density at radius 2 is 2.43 bits per heavy atom. The summed E-state index contributed by atoms with van der Waals surface area (Å²) in [6.45, 7) is 1.34. The lowest BCUT2D eigenvalue weighted by Crippen LogP contribution is -2.10. The standard InChI is InChI=1S/C7H10N6O/c1-14-5-4-8-6-2-3-7-9-11-12-13(7)10-6/h2-3H,4-5H2,1H3,(H,8,10). The first-order chi connectivity index (χ1) is 6.90. The van der Waals surface area contributed by atoms with Crippen molar-refractivity contribution < 1.29 is 4.74 Å². The summed E-state index contributed by atoms with van der Waals surface area (Å²) in [6.07, 6.45) is 0. The first-order valence-electron chi connectivity index (χ1n) is 4.18. The van der Waals surface area contributed by atoms with Gasteiger partial charge in [0.15, 0.2) is 5.65 Å². The van der Waals surface area contributed by atoms with Gasteiger partial charge >= 0.3 is 0 Å². The second kappa shape index (κ2) is 3.97. The van der Waals surface area contributed by atoms with Crippen molar-refractivity contribution in [3.05, 3.63) is 12.1 Å². The van der Waals surface area contributed by atoms with Crippen LogP contribution >= 0.6 is 0 Å². The van der Waals surface area contributed by atoms with Gasteiger partial charge in [-0.05, 0) is 22.6 Å². The van der Waals surface area contributed by atoms with E-state index in [9.17, 15) is 0 Å². The normalized spacial score (nSPS) is 10.6. The van der Waals surface area contributed by atoms with Crippen LogP contribution in [0.1, 0.15) is 0 Å². The van der Waals surface area contributed by atoms with Gasteiger partial charge in [-0.25, -0.2) is 0 Å². The minimum Gasteiger partial charge on any atom is -0.383 e. The van der Waals surface area contributed by atoms with Crippen LogP contribution in [-0.4, -0.2) is 45.5 Å². The molecule has 0 saturated heterocycles. The smallest absolute Gasteiger partial charge is 0.200 e. The molecule has 0 saturated carbocycles. The molecule has 0 unspecified atom stereocenters. The van der Waals surface area contributed by atoms with E-state index in [0.717, 1.165) is 5.82 Å². The fourth-order valence-electron chi connectivity index (χ4n) is 1.03. The fourth-order valence-corrected chi connectivity index (χ4v) is 1.03. The number of rotatable bonds is 4. The maximum absolute atomic E-state index is 4.90. The number of nitrogens with one attached hydrogen (secondary N) is 1. The van der Waals surface area contributed by atoms with Crippen molar-refractivity contribution in [3.8, 4) is 0 Å². The van der Waals surface area contributed by atoms with Crippen LogP contribution in [0.2, 0.25) is 0 Å². The lowest BCUT2D eigenvalue weighted by molar-refractivity contribution is 0.210. The van der Waals surface area contributed by atoms with E-state index in [1.165, 1.54) is 4.63 Å². The molecule has 14 heavy (non-hydrogen) atoms. The SMILES string of the molecule is COCCNc1ccc2nnnn2n1. The first kappa shape index (κ1) is 8.82. The third kappa shape index (κ3) is 1.77. The number of anilines is 1. The molecular formula is C7H10N6O. The minimum atomic E-state index is 0.627. The summed E-state index contributed by atoms with van der Waals surface area (Å²) in [6, 6.07) is 3.61. The molecule has 0 aromatic carbocycles. The number of aromatic nitrogens is 5. The van der Waals surface area contributed by atoms with Gasteiger partial charge in [-0.15, -0.1) is 14.8 Å². The number of nitrogens with zero attached hydrogens (tertiary/aromatic N) is 5. The third-order valence-electron chi connectivity index (χ3n) is 1.68. The van der Waals surface area contributed by atoms with Crippen LogP contribution in [0.4, 0.5) is 5.82 Å².